The minimum Gasteiger partial charge on any atom is -0.496 e. The monoisotopic (exact) mass is 420 g/mol. The van der Waals surface area contributed by atoms with Crippen molar-refractivity contribution >= 4 is 5.96 Å². The van der Waals surface area contributed by atoms with Gasteiger partial charge in [0.25, 0.3) is 0 Å². The van der Waals surface area contributed by atoms with Crippen LogP contribution in [0.15, 0.2) is 71.9 Å². The van der Waals surface area contributed by atoms with Crippen molar-refractivity contribution in [1.29, 1.82) is 0 Å². The molecule has 31 heavy (non-hydrogen) atoms. The predicted molar refractivity (Wildman–Crippen MR) is 122 cm³/mol. The maximum atomic E-state index is 5.86. The highest BCUT2D eigenvalue weighted by Gasteiger charge is 2.05. The lowest BCUT2D eigenvalue weighted by molar-refractivity contribution is 0.339. The first kappa shape index (κ1) is 22.0. The number of rotatable bonds is 9. The number of hydrogen-bond donors (Lipinski definition) is 2. The van der Waals surface area contributed by atoms with E-state index in [2.05, 4.69) is 20.6 Å². The molecule has 0 aliphatic rings. The van der Waals surface area contributed by atoms with Crippen molar-refractivity contribution in [1.82, 2.24) is 15.6 Å². The second-order valence-electron chi connectivity index (χ2n) is 6.60. The van der Waals surface area contributed by atoms with Crippen molar-refractivity contribution < 1.29 is 14.2 Å². The van der Waals surface area contributed by atoms with Gasteiger partial charge in [-0.15, -0.1) is 0 Å². The van der Waals surface area contributed by atoms with Crippen LogP contribution in [-0.4, -0.2) is 31.7 Å². The molecule has 3 rings (SSSR count). The summed E-state index contributed by atoms with van der Waals surface area (Å²) in [5.74, 6) is 3.58. The van der Waals surface area contributed by atoms with Crippen LogP contribution in [0.25, 0.3) is 0 Å². The van der Waals surface area contributed by atoms with Crippen molar-refractivity contribution in [2.75, 3.05) is 20.8 Å². The third-order valence-electron chi connectivity index (χ3n) is 4.48. The Morgan fingerprint density at radius 3 is 2.45 bits per heavy atom. The molecule has 0 saturated carbocycles. The molecule has 1 heterocycles. The standard InChI is InChI=1S/C24H28N4O3/c1-4-30-20-9-11-21(12-10-20)31-23-15-18(13-14-26-23)16-27-24(25-2)28-17-19-7-5-6-8-22(19)29-3/h5-15H,4,16-17H2,1-3H3,(H2,25,27,28). The van der Waals surface area contributed by atoms with Crippen LogP contribution in [-0.2, 0) is 13.1 Å². The zero-order valence-electron chi connectivity index (χ0n) is 18.1. The number of hydrogen-bond acceptors (Lipinski definition) is 5. The minimum atomic E-state index is 0.528. The average molecular weight is 421 g/mol. The lowest BCUT2D eigenvalue weighted by Gasteiger charge is -2.14. The molecule has 0 spiro atoms. The van der Waals surface area contributed by atoms with Crippen LogP contribution < -0.4 is 24.8 Å². The van der Waals surface area contributed by atoms with E-state index >= 15 is 0 Å². The summed E-state index contributed by atoms with van der Waals surface area (Å²) >= 11 is 0. The smallest absolute Gasteiger partial charge is 0.219 e. The topological polar surface area (TPSA) is 77.0 Å². The highest BCUT2D eigenvalue weighted by molar-refractivity contribution is 5.79. The van der Waals surface area contributed by atoms with E-state index in [9.17, 15) is 0 Å². The number of para-hydroxylation sites is 1. The van der Waals surface area contributed by atoms with E-state index in [0.717, 1.165) is 22.6 Å². The number of methoxy groups -OCH3 is 1. The molecular formula is C24H28N4O3. The maximum absolute atomic E-state index is 5.86. The molecule has 0 amide bonds. The molecule has 0 saturated heterocycles. The minimum absolute atomic E-state index is 0.528. The SMILES string of the molecule is CCOc1ccc(Oc2cc(CNC(=NC)NCc3ccccc3OC)ccn2)cc1. The number of nitrogens with zero attached hydrogens (tertiary/aromatic N) is 2. The summed E-state index contributed by atoms with van der Waals surface area (Å²) in [4.78, 5) is 8.58. The van der Waals surface area contributed by atoms with Crippen LogP contribution in [0.3, 0.4) is 0 Å². The second-order valence-corrected chi connectivity index (χ2v) is 6.60. The van der Waals surface area contributed by atoms with Gasteiger partial charge in [-0.05, 0) is 48.9 Å². The summed E-state index contributed by atoms with van der Waals surface area (Å²) in [6.45, 7) is 3.77. The van der Waals surface area contributed by atoms with Crippen LogP contribution in [0.2, 0.25) is 0 Å². The van der Waals surface area contributed by atoms with Gasteiger partial charge in [0.15, 0.2) is 5.96 Å². The molecule has 0 fully saturated rings. The van der Waals surface area contributed by atoms with E-state index < -0.39 is 0 Å². The first-order chi connectivity index (χ1) is 15.2. The van der Waals surface area contributed by atoms with Gasteiger partial charge in [-0.1, -0.05) is 18.2 Å². The van der Waals surface area contributed by atoms with Crippen molar-refractivity contribution in [3.05, 3.63) is 78.0 Å². The lowest BCUT2D eigenvalue weighted by atomic mass is 10.2. The maximum Gasteiger partial charge on any atom is 0.219 e. The van der Waals surface area contributed by atoms with Gasteiger partial charge in [0.1, 0.15) is 17.2 Å². The number of aromatic nitrogens is 1. The summed E-state index contributed by atoms with van der Waals surface area (Å²) in [5.41, 5.74) is 2.08. The fourth-order valence-electron chi connectivity index (χ4n) is 2.94. The quantitative estimate of drug-likeness (QED) is 0.400. The van der Waals surface area contributed by atoms with Gasteiger partial charge in [-0.2, -0.15) is 0 Å². The number of aliphatic imine (C=N–C) groups is 1. The molecule has 7 heteroatoms. The Bertz CT molecular complexity index is 990. The Balaban J connectivity index is 1.54. The molecule has 0 radical (unpaired) electrons. The number of nitrogens with one attached hydrogen (secondary N) is 2. The molecule has 2 aromatic carbocycles. The zero-order valence-corrected chi connectivity index (χ0v) is 18.1. The summed E-state index contributed by atoms with van der Waals surface area (Å²) in [6.07, 6.45) is 1.73. The van der Waals surface area contributed by atoms with Crippen molar-refractivity contribution in [2.24, 2.45) is 4.99 Å². The molecular weight excluding hydrogens is 392 g/mol. The first-order valence-corrected chi connectivity index (χ1v) is 10.1. The third kappa shape index (κ3) is 6.64. The Morgan fingerprint density at radius 2 is 1.71 bits per heavy atom. The second kappa shape index (κ2) is 11.4. The Morgan fingerprint density at radius 1 is 0.968 bits per heavy atom. The van der Waals surface area contributed by atoms with Crippen molar-refractivity contribution in [3.63, 3.8) is 0 Å². The summed E-state index contributed by atoms with van der Waals surface area (Å²) in [5, 5.41) is 6.61. The molecule has 0 aliphatic heterocycles. The molecule has 0 aliphatic carbocycles. The van der Waals surface area contributed by atoms with Gasteiger partial charge in [0, 0.05) is 38.0 Å². The van der Waals surface area contributed by atoms with Gasteiger partial charge >= 0.3 is 0 Å². The third-order valence-corrected chi connectivity index (χ3v) is 4.48. The molecule has 0 bridgehead atoms. The number of ether oxygens (including phenoxy) is 3. The molecule has 2 N–H and O–H groups in total. The van der Waals surface area contributed by atoms with Crippen LogP contribution in [0.4, 0.5) is 0 Å². The summed E-state index contributed by atoms with van der Waals surface area (Å²) < 4.78 is 16.7. The van der Waals surface area contributed by atoms with E-state index in [-0.39, 0.29) is 0 Å². The van der Waals surface area contributed by atoms with E-state index in [1.807, 2.05) is 67.6 Å². The van der Waals surface area contributed by atoms with Crippen LogP contribution >= 0.6 is 0 Å². The normalized spacial score (nSPS) is 11.0. The van der Waals surface area contributed by atoms with Gasteiger partial charge < -0.3 is 24.8 Å². The summed E-state index contributed by atoms with van der Waals surface area (Å²) in [7, 11) is 3.41. The fourth-order valence-corrected chi connectivity index (χ4v) is 2.94. The van der Waals surface area contributed by atoms with Crippen LogP contribution in [0, 0.1) is 0 Å². The highest BCUT2D eigenvalue weighted by Crippen LogP contribution is 2.23. The average Bonchev–Trinajstić information content (AvgIpc) is 2.81. The number of guanidine groups is 1. The van der Waals surface area contributed by atoms with Gasteiger partial charge in [-0.25, -0.2) is 4.98 Å². The van der Waals surface area contributed by atoms with Gasteiger partial charge in [0.05, 0.1) is 13.7 Å². The van der Waals surface area contributed by atoms with E-state index in [1.165, 1.54) is 0 Å². The van der Waals surface area contributed by atoms with Gasteiger partial charge in [0.2, 0.25) is 5.88 Å². The highest BCUT2D eigenvalue weighted by atomic mass is 16.5. The van der Waals surface area contributed by atoms with Crippen LogP contribution in [0.1, 0.15) is 18.1 Å². The van der Waals surface area contributed by atoms with E-state index in [4.69, 9.17) is 14.2 Å². The Labute approximate surface area is 183 Å². The molecule has 3 aromatic rings. The van der Waals surface area contributed by atoms with E-state index in [0.29, 0.717) is 37.3 Å². The predicted octanol–water partition coefficient (Wildman–Crippen LogP) is 4.15. The summed E-state index contributed by atoms with van der Waals surface area (Å²) in [6, 6.07) is 19.2. The van der Waals surface area contributed by atoms with Crippen LogP contribution in [0.5, 0.6) is 23.1 Å². The molecule has 7 nitrogen and oxygen atoms in total. The van der Waals surface area contributed by atoms with E-state index in [1.54, 1.807) is 20.4 Å². The fraction of sp³-hybridized carbons (Fsp3) is 0.250. The largest absolute Gasteiger partial charge is 0.496 e. The van der Waals surface area contributed by atoms with Gasteiger partial charge in [-0.3, -0.25) is 4.99 Å². The van der Waals surface area contributed by atoms with Crippen molar-refractivity contribution in [2.45, 2.75) is 20.0 Å². The number of pyridine rings is 1. The van der Waals surface area contributed by atoms with Crippen molar-refractivity contribution in [3.8, 4) is 23.1 Å². The lowest BCUT2D eigenvalue weighted by Crippen LogP contribution is -2.36. The zero-order chi connectivity index (χ0) is 21.9. The first-order valence-electron chi connectivity index (χ1n) is 10.1. The molecule has 0 unspecified atom stereocenters. The molecule has 1 aromatic heterocycles. The number of benzene rings is 2. The Hall–Kier alpha value is -3.74. The Kier molecular flexibility index (Phi) is 8.11. The molecule has 162 valence electrons. The molecule has 0 atom stereocenters.